The Balaban J connectivity index is 2.03. The fraction of sp³-hybridized carbons (Fsp3) is 0.846. The Kier molecular flexibility index (Phi) is 4.58. The van der Waals surface area contributed by atoms with Crippen molar-refractivity contribution in [3.63, 3.8) is 0 Å². The summed E-state index contributed by atoms with van der Waals surface area (Å²) >= 11 is 0. The average molecular weight is 253 g/mol. The number of piperidine rings is 2. The first-order chi connectivity index (χ1) is 8.74. The van der Waals surface area contributed by atoms with E-state index in [-0.39, 0.29) is 23.9 Å². The minimum absolute atomic E-state index is 0.0288. The number of carbonyl (C=O) groups excluding carboxylic acids is 2. The van der Waals surface area contributed by atoms with Crippen molar-refractivity contribution in [1.82, 2.24) is 15.5 Å². The molecule has 2 fully saturated rings. The molecule has 2 aliphatic heterocycles. The highest BCUT2D eigenvalue weighted by molar-refractivity contribution is 5.90. The molecule has 2 aliphatic rings. The summed E-state index contributed by atoms with van der Waals surface area (Å²) in [4.78, 5) is 26.1. The first-order valence-electron chi connectivity index (χ1n) is 6.99. The molecule has 102 valence electrons. The fourth-order valence-electron chi connectivity index (χ4n) is 2.90. The van der Waals surface area contributed by atoms with Gasteiger partial charge in [-0.05, 0) is 38.6 Å². The highest BCUT2D eigenvalue weighted by Gasteiger charge is 2.35. The lowest BCUT2D eigenvalue weighted by molar-refractivity contribution is -0.144. The zero-order valence-electron chi connectivity index (χ0n) is 11.1. The van der Waals surface area contributed by atoms with Crippen LogP contribution in [0.15, 0.2) is 0 Å². The Bertz CT molecular complexity index is 313. The largest absolute Gasteiger partial charge is 0.357 e. The molecule has 2 N–H and O–H groups in total. The van der Waals surface area contributed by atoms with Crippen LogP contribution < -0.4 is 10.6 Å². The van der Waals surface area contributed by atoms with Crippen molar-refractivity contribution in [2.75, 3.05) is 20.1 Å². The Morgan fingerprint density at radius 1 is 1.17 bits per heavy atom. The highest BCUT2D eigenvalue weighted by atomic mass is 16.2. The van der Waals surface area contributed by atoms with Gasteiger partial charge in [0.2, 0.25) is 11.8 Å². The van der Waals surface area contributed by atoms with Crippen molar-refractivity contribution < 1.29 is 9.59 Å². The Morgan fingerprint density at radius 2 is 1.94 bits per heavy atom. The number of amides is 2. The zero-order chi connectivity index (χ0) is 13.0. The average Bonchev–Trinajstić information content (AvgIpc) is 2.46. The monoisotopic (exact) mass is 253 g/mol. The van der Waals surface area contributed by atoms with Gasteiger partial charge < -0.3 is 15.5 Å². The lowest BCUT2D eigenvalue weighted by Gasteiger charge is -2.37. The van der Waals surface area contributed by atoms with E-state index in [1.807, 2.05) is 0 Å². The molecule has 0 bridgehead atoms. The van der Waals surface area contributed by atoms with Crippen LogP contribution in [0.5, 0.6) is 0 Å². The molecular weight excluding hydrogens is 230 g/mol. The van der Waals surface area contributed by atoms with Crippen LogP contribution in [-0.2, 0) is 9.59 Å². The Labute approximate surface area is 108 Å². The maximum absolute atomic E-state index is 12.5. The molecule has 2 atom stereocenters. The molecule has 0 aromatic carbocycles. The molecule has 0 aromatic rings. The van der Waals surface area contributed by atoms with Crippen molar-refractivity contribution in [3.8, 4) is 0 Å². The molecule has 0 aromatic heterocycles. The van der Waals surface area contributed by atoms with Gasteiger partial charge in [0, 0.05) is 13.6 Å². The van der Waals surface area contributed by atoms with Crippen LogP contribution in [0.1, 0.15) is 38.5 Å². The summed E-state index contributed by atoms with van der Waals surface area (Å²) in [6.07, 6.45) is 5.96. The van der Waals surface area contributed by atoms with E-state index in [0.29, 0.717) is 0 Å². The number of nitrogens with zero attached hydrogens (tertiary/aromatic N) is 1. The summed E-state index contributed by atoms with van der Waals surface area (Å²) in [5.74, 6) is 0.0851. The van der Waals surface area contributed by atoms with E-state index in [0.717, 1.165) is 51.6 Å². The molecule has 18 heavy (non-hydrogen) atoms. The van der Waals surface area contributed by atoms with E-state index in [9.17, 15) is 9.59 Å². The molecule has 2 saturated heterocycles. The number of hydrogen-bond donors (Lipinski definition) is 2. The lowest BCUT2D eigenvalue weighted by atomic mass is 9.97. The number of nitrogens with one attached hydrogen (secondary N) is 2. The van der Waals surface area contributed by atoms with Gasteiger partial charge in [0.05, 0.1) is 6.04 Å². The van der Waals surface area contributed by atoms with E-state index in [4.69, 9.17) is 0 Å². The summed E-state index contributed by atoms with van der Waals surface area (Å²) < 4.78 is 0. The third kappa shape index (κ3) is 2.83. The third-order valence-electron chi connectivity index (χ3n) is 3.94. The molecule has 2 amide bonds. The summed E-state index contributed by atoms with van der Waals surface area (Å²) in [5, 5.41) is 5.94. The van der Waals surface area contributed by atoms with Gasteiger partial charge in [-0.25, -0.2) is 0 Å². The summed E-state index contributed by atoms with van der Waals surface area (Å²) in [6, 6.07) is -0.344. The zero-order valence-corrected chi connectivity index (χ0v) is 11.1. The van der Waals surface area contributed by atoms with E-state index < -0.39 is 0 Å². The smallest absolute Gasteiger partial charge is 0.242 e. The van der Waals surface area contributed by atoms with Gasteiger partial charge in [-0.1, -0.05) is 6.42 Å². The second-order valence-corrected chi connectivity index (χ2v) is 5.16. The molecule has 5 heteroatoms. The van der Waals surface area contributed by atoms with Crippen LogP contribution in [0.3, 0.4) is 0 Å². The first kappa shape index (κ1) is 13.3. The maximum atomic E-state index is 12.5. The summed E-state index contributed by atoms with van der Waals surface area (Å²) in [6.45, 7) is 1.63. The molecule has 1 unspecified atom stereocenters. The highest BCUT2D eigenvalue weighted by Crippen LogP contribution is 2.20. The van der Waals surface area contributed by atoms with Crippen molar-refractivity contribution in [1.29, 1.82) is 0 Å². The van der Waals surface area contributed by atoms with Crippen LogP contribution in [0.25, 0.3) is 0 Å². The minimum Gasteiger partial charge on any atom is -0.357 e. The fourth-order valence-corrected chi connectivity index (χ4v) is 2.90. The predicted molar refractivity (Wildman–Crippen MR) is 69.1 cm³/mol. The maximum Gasteiger partial charge on any atom is 0.242 e. The standard InChI is InChI=1S/C13H23N3O2/c1-14-12(17)11-7-3-5-9-16(11)13(18)10-6-2-4-8-15-10/h10-11,15H,2-9H2,1H3,(H,14,17)/t10-,11?/m0/s1. The number of carbonyl (C=O) groups is 2. The molecule has 2 heterocycles. The van der Waals surface area contributed by atoms with Crippen molar-refractivity contribution in [3.05, 3.63) is 0 Å². The Hall–Kier alpha value is -1.10. The number of likely N-dealkylation sites (N-methyl/N-ethyl adjacent to an activating group) is 1. The van der Waals surface area contributed by atoms with Crippen LogP contribution in [0.2, 0.25) is 0 Å². The molecule has 0 aliphatic carbocycles. The van der Waals surface area contributed by atoms with Gasteiger partial charge in [-0.3, -0.25) is 9.59 Å². The van der Waals surface area contributed by atoms with E-state index in [1.165, 1.54) is 0 Å². The first-order valence-corrected chi connectivity index (χ1v) is 6.99. The molecule has 0 spiro atoms. The van der Waals surface area contributed by atoms with Gasteiger partial charge in [0.15, 0.2) is 0 Å². The third-order valence-corrected chi connectivity index (χ3v) is 3.94. The summed E-state index contributed by atoms with van der Waals surface area (Å²) in [5.41, 5.74) is 0. The number of hydrogen-bond acceptors (Lipinski definition) is 3. The lowest BCUT2D eigenvalue weighted by Crippen LogP contribution is -2.57. The van der Waals surface area contributed by atoms with Gasteiger partial charge in [-0.15, -0.1) is 0 Å². The van der Waals surface area contributed by atoms with Crippen LogP contribution >= 0.6 is 0 Å². The predicted octanol–water partition coefficient (Wildman–Crippen LogP) is 0.256. The molecule has 0 saturated carbocycles. The number of rotatable bonds is 2. The summed E-state index contributed by atoms with van der Waals surface area (Å²) in [7, 11) is 1.64. The SMILES string of the molecule is CNC(=O)C1CCCCN1C(=O)[C@@H]1CCCCN1. The van der Waals surface area contributed by atoms with Crippen molar-refractivity contribution >= 4 is 11.8 Å². The topological polar surface area (TPSA) is 61.4 Å². The second-order valence-electron chi connectivity index (χ2n) is 5.16. The van der Waals surface area contributed by atoms with Gasteiger partial charge in [0.1, 0.15) is 6.04 Å². The quantitative estimate of drug-likeness (QED) is 0.742. The van der Waals surface area contributed by atoms with Gasteiger partial charge in [0.25, 0.3) is 0 Å². The van der Waals surface area contributed by atoms with Crippen LogP contribution in [0.4, 0.5) is 0 Å². The van der Waals surface area contributed by atoms with Crippen molar-refractivity contribution in [2.45, 2.75) is 50.6 Å². The molecular formula is C13H23N3O2. The van der Waals surface area contributed by atoms with E-state index in [1.54, 1.807) is 11.9 Å². The van der Waals surface area contributed by atoms with E-state index in [2.05, 4.69) is 10.6 Å². The minimum atomic E-state index is -0.264. The van der Waals surface area contributed by atoms with Gasteiger partial charge in [-0.2, -0.15) is 0 Å². The number of likely N-dealkylation sites (tertiary alicyclic amines) is 1. The van der Waals surface area contributed by atoms with Crippen LogP contribution in [0, 0.1) is 0 Å². The normalized spacial score (nSPS) is 28.8. The molecule has 2 rings (SSSR count). The second kappa shape index (κ2) is 6.18. The van der Waals surface area contributed by atoms with E-state index >= 15 is 0 Å². The Morgan fingerprint density at radius 3 is 2.61 bits per heavy atom. The van der Waals surface area contributed by atoms with Crippen LogP contribution in [-0.4, -0.2) is 48.9 Å². The van der Waals surface area contributed by atoms with Gasteiger partial charge >= 0.3 is 0 Å². The molecule has 0 radical (unpaired) electrons. The van der Waals surface area contributed by atoms with Crippen molar-refractivity contribution in [2.24, 2.45) is 0 Å². The molecule has 5 nitrogen and oxygen atoms in total.